The SMILES string of the molecule is COC(C)CNC(=O)c1cccc(S(=O)(=O)NCCNC(C)=O)c1. The molecule has 0 radical (unpaired) electrons. The lowest BCUT2D eigenvalue weighted by molar-refractivity contribution is -0.118. The first-order valence-electron chi connectivity index (χ1n) is 7.41. The molecule has 24 heavy (non-hydrogen) atoms. The van der Waals surface area contributed by atoms with E-state index in [1.54, 1.807) is 6.92 Å². The van der Waals surface area contributed by atoms with Crippen LogP contribution in [-0.2, 0) is 19.6 Å². The predicted molar refractivity (Wildman–Crippen MR) is 89.1 cm³/mol. The van der Waals surface area contributed by atoms with Crippen molar-refractivity contribution in [2.75, 3.05) is 26.7 Å². The molecule has 134 valence electrons. The zero-order valence-electron chi connectivity index (χ0n) is 14.0. The van der Waals surface area contributed by atoms with Gasteiger partial charge in [-0.25, -0.2) is 13.1 Å². The fourth-order valence-corrected chi connectivity index (χ4v) is 2.81. The summed E-state index contributed by atoms with van der Waals surface area (Å²) in [7, 11) is -2.22. The summed E-state index contributed by atoms with van der Waals surface area (Å²) in [6.45, 7) is 3.72. The first-order chi connectivity index (χ1) is 11.3. The van der Waals surface area contributed by atoms with E-state index >= 15 is 0 Å². The topological polar surface area (TPSA) is 114 Å². The van der Waals surface area contributed by atoms with Crippen LogP contribution in [0, 0.1) is 0 Å². The molecule has 3 N–H and O–H groups in total. The Kier molecular flexibility index (Phi) is 7.83. The Bertz CT molecular complexity index is 675. The molecule has 9 heteroatoms. The number of rotatable bonds is 9. The van der Waals surface area contributed by atoms with E-state index in [1.807, 2.05) is 0 Å². The van der Waals surface area contributed by atoms with E-state index in [2.05, 4.69) is 15.4 Å². The second-order valence-electron chi connectivity index (χ2n) is 5.16. The summed E-state index contributed by atoms with van der Waals surface area (Å²) in [5.74, 6) is -0.618. The Morgan fingerprint density at radius 3 is 2.54 bits per heavy atom. The maximum atomic E-state index is 12.2. The van der Waals surface area contributed by atoms with Crippen LogP contribution in [0.3, 0.4) is 0 Å². The molecule has 8 nitrogen and oxygen atoms in total. The first kappa shape index (κ1) is 20.1. The molecule has 0 saturated heterocycles. The van der Waals surface area contributed by atoms with Gasteiger partial charge in [-0.2, -0.15) is 0 Å². The van der Waals surface area contributed by atoms with E-state index in [0.717, 1.165) is 0 Å². The molecule has 0 aliphatic carbocycles. The summed E-state index contributed by atoms with van der Waals surface area (Å²) in [5, 5.41) is 5.16. The molecule has 0 saturated carbocycles. The first-order valence-corrected chi connectivity index (χ1v) is 8.89. The monoisotopic (exact) mass is 357 g/mol. The van der Waals surface area contributed by atoms with Crippen molar-refractivity contribution in [3.63, 3.8) is 0 Å². The van der Waals surface area contributed by atoms with Crippen molar-refractivity contribution in [1.82, 2.24) is 15.4 Å². The van der Waals surface area contributed by atoms with Crippen LogP contribution >= 0.6 is 0 Å². The van der Waals surface area contributed by atoms with E-state index in [4.69, 9.17) is 4.74 Å². The lowest BCUT2D eigenvalue weighted by atomic mass is 10.2. The molecule has 0 aliphatic heterocycles. The number of methoxy groups -OCH3 is 1. The molecule has 0 spiro atoms. The van der Waals surface area contributed by atoms with E-state index in [9.17, 15) is 18.0 Å². The van der Waals surface area contributed by atoms with Crippen LogP contribution in [0.2, 0.25) is 0 Å². The van der Waals surface area contributed by atoms with Gasteiger partial charge in [-0.15, -0.1) is 0 Å². The zero-order chi connectivity index (χ0) is 18.2. The maximum absolute atomic E-state index is 12.2. The van der Waals surface area contributed by atoms with Crippen LogP contribution < -0.4 is 15.4 Å². The van der Waals surface area contributed by atoms with E-state index in [0.29, 0.717) is 6.54 Å². The van der Waals surface area contributed by atoms with Gasteiger partial charge in [0.1, 0.15) is 0 Å². The van der Waals surface area contributed by atoms with Gasteiger partial charge in [-0.05, 0) is 25.1 Å². The Hall–Kier alpha value is -1.97. The highest BCUT2D eigenvalue weighted by Crippen LogP contribution is 2.11. The fourth-order valence-electron chi connectivity index (χ4n) is 1.73. The maximum Gasteiger partial charge on any atom is 0.251 e. The highest BCUT2D eigenvalue weighted by molar-refractivity contribution is 7.89. The van der Waals surface area contributed by atoms with Gasteiger partial charge in [-0.3, -0.25) is 9.59 Å². The van der Waals surface area contributed by atoms with Crippen molar-refractivity contribution in [3.05, 3.63) is 29.8 Å². The Labute approximate surface area is 142 Å². The van der Waals surface area contributed by atoms with Gasteiger partial charge in [0.25, 0.3) is 5.91 Å². The molecule has 0 aromatic heterocycles. The molecule has 2 amide bonds. The second kappa shape index (κ2) is 9.36. The van der Waals surface area contributed by atoms with Crippen LogP contribution in [0.15, 0.2) is 29.2 Å². The lowest BCUT2D eigenvalue weighted by Gasteiger charge is -2.12. The number of hydrogen-bond donors (Lipinski definition) is 3. The minimum atomic E-state index is -3.76. The fraction of sp³-hybridized carbons (Fsp3) is 0.467. The Morgan fingerprint density at radius 1 is 1.21 bits per heavy atom. The van der Waals surface area contributed by atoms with Crippen LogP contribution in [0.25, 0.3) is 0 Å². The highest BCUT2D eigenvalue weighted by atomic mass is 32.2. The summed E-state index contributed by atoms with van der Waals surface area (Å²) < 4.78 is 31.8. The van der Waals surface area contributed by atoms with Gasteiger partial charge in [0.15, 0.2) is 0 Å². The number of nitrogens with one attached hydrogen (secondary N) is 3. The molecule has 1 rings (SSSR count). The molecular formula is C15H23N3O5S. The van der Waals surface area contributed by atoms with Gasteiger partial charge in [0, 0.05) is 39.2 Å². The van der Waals surface area contributed by atoms with Gasteiger partial charge in [0.2, 0.25) is 15.9 Å². The standard InChI is InChI=1S/C15H23N3O5S/c1-11(23-3)10-17-15(20)13-5-4-6-14(9-13)24(21,22)18-8-7-16-12(2)19/h4-6,9,11,18H,7-8,10H2,1-3H3,(H,16,19)(H,17,20). The van der Waals surface area contributed by atoms with E-state index in [1.165, 1.54) is 38.3 Å². The molecule has 1 aromatic carbocycles. The molecule has 0 fully saturated rings. The normalized spacial score (nSPS) is 12.5. The van der Waals surface area contributed by atoms with Gasteiger partial charge >= 0.3 is 0 Å². The molecule has 1 atom stereocenters. The van der Waals surface area contributed by atoms with Gasteiger partial charge in [0.05, 0.1) is 11.0 Å². The minimum absolute atomic E-state index is 0.0160. The third-order valence-electron chi connectivity index (χ3n) is 3.15. The third kappa shape index (κ3) is 6.65. The van der Waals surface area contributed by atoms with Crippen LogP contribution in [0.4, 0.5) is 0 Å². The quantitative estimate of drug-likeness (QED) is 0.533. The van der Waals surface area contributed by atoms with Gasteiger partial charge in [-0.1, -0.05) is 6.07 Å². The molecule has 0 bridgehead atoms. The summed E-state index contributed by atoms with van der Waals surface area (Å²) in [4.78, 5) is 22.8. The molecular weight excluding hydrogens is 334 g/mol. The van der Waals surface area contributed by atoms with Crippen molar-refractivity contribution in [2.45, 2.75) is 24.8 Å². The number of sulfonamides is 1. The van der Waals surface area contributed by atoms with Crippen molar-refractivity contribution in [2.24, 2.45) is 0 Å². The number of hydrogen-bond acceptors (Lipinski definition) is 5. The number of amides is 2. The molecule has 0 aliphatic rings. The van der Waals surface area contributed by atoms with Crippen LogP contribution in [0.5, 0.6) is 0 Å². The number of carbonyl (C=O) groups excluding carboxylic acids is 2. The molecule has 1 aromatic rings. The van der Waals surface area contributed by atoms with E-state index < -0.39 is 10.0 Å². The average molecular weight is 357 g/mol. The van der Waals surface area contributed by atoms with Crippen molar-refractivity contribution in [3.8, 4) is 0 Å². The Morgan fingerprint density at radius 2 is 1.92 bits per heavy atom. The highest BCUT2D eigenvalue weighted by Gasteiger charge is 2.16. The minimum Gasteiger partial charge on any atom is -0.380 e. The van der Waals surface area contributed by atoms with Crippen molar-refractivity contribution >= 4 is 21.8 Å². The lowest BCUT2D eigenvalue weighted by Crippen LogP contribution is -2.34. The Balaban J connectivity index is 2.72. The largest absolute Gasteiger partial charge is 0.380 e. The zero-order valence-corrected chi connectivity index (χ0v) is 14.8. The smallest absolute Gasteiger partial charge is 0.251 e. The predicted octanol–water partition coefficient (Wildman–Crippen LogP) is -0.134. The number of carbonyl (C=O) groups is 2. The average Bonchev–Trinajstić information content (AvgIpc) is 2.56. The van der Waals surface area contributed by atoms with E-state index in [-0.39, 0.29) is 41.5 Å². The van der Waals surface area contributed by atoms with Crippen LogP contribution in [0.1, 0.15) is 24.2 Å². The molecule has 0 heterocycles. The van der Waals surface area contributed by atoms with Crippen LogP contribution in [-0.4, -0.2) is 53.1 Å². The third-order valence-corrected chi connectivity index (χ3v) is 4.61. The second-order valence-corrected chi connectivity index (χ2v) is 6.93. The van der Waals surface area contributed by atoms with Crippen molar-refractivity contribution in [1.29, 1.82) is 0 Å². The molecule has 1 unspecified atom stereocenters. The summed E-state index contributed by atoms with van der Waals surface area (Å²) in [6, 6.07) is 5.73. The summed E-state index contributed by atoms with van der Waals surface area (Å²) >= 11 is 0. The number of ether oxygens (including phenoxy) is 1. The van der Waals surface area contributed by atoms with Crippen molar-refractivity contribution < 1.29 is 22.7 Å². The number of benzene rings is 1. The summed E-state index contributed by atoms with van der Waals surface area (Å²) in [5.41, 5.74) is 0.239. The summed E-state index contributed by atoms with van der Waals surface area (Å²) in [6.07, 6.45) is -0.142. The van der Waals surface area contributed by atoms with Gasteiger partial charge < -0.3 is 15.4 Å².